The van der Waals surface area contributed by atoms with Crippen LogP contribution in [-0.4, -0.2) is 16.8 Å². The maximum Gasteiger partial charge on any atom is 0.0741 e. The topological polar surface area (TPSA) is 29.9 Å². The Balaban J connectivity index is 2.09. The molecule has 0 unspecified atom stereocenters. The van der Waals surface area contributed by atoms with E-state index in [1.165, 1.54) is 16.5 Å². The molecule has 0 saturated heterocycles. The normalized spacial score (nSPS) is 11.1. The molecular weight excluding hydrogens is 234 g/mol. The first-order valence-corrected chi connectivity index (χ1v) is 6.47. The van der Waals surface area contributed by atoms with Crippen LogP contribution in [0, 0.1) is 6.92 Å². The van der Waals surface area contributed by atoms with Crippen LogP contribution in [0.15, 0.2) is 48.7 Å². The van der Waals surface area contributed by atoms with Gasteiger partial charge in [0.15, 0.2) is 0 Å². The Hall–Kier alpha value is -2.13. The Bertz CT molecular complexity index is 713. The summed E-state index contributed by atoms with van der Waals surface area (Å²) in [6.07, 6.45) is 1.91. The summed E-state index contributed by atoms with van der Waals surface area (Å²) in [5.41, 5.74) is 4.86. The lowest BCUT2D eigenvalue weighted by atomic mass is 10.1. The molecule has 3 aromatic rings. The molecule has 0 bridgehead atoms. The first-order chi connectivity index (χ1) is 9.29. The van der Waals surface area contributed by atoms with E-state index in [2.05, 4.69) is 47.7 Å². The molecule has 0 saturated carbocycles. The molecular formula is C16H17N3. The molecule has 96 valence electrons. The van der Waals surface area contributed by atoms with Crippen LogP contribution in [0.3, 0.4) is 0 Å². The third-order valence-corrected chi connectivity index (χ3v) is 3.42. The van der Waals surface area contributed by atoms with Crippen LogP contribution in [0.4, 0.5) is 0 Å². The van der Waals surface area contributed by atoms with Crippen molar-refractivity contribution in [3.63, 3.8) is 0 Å². The lowest BCUT2D eigenvalue weighted by Gasteiger charge is -2.09. The Morgan fingerprint density at radius 1 is 1.16 bits per heavy atom. The van der Waals surface area contributed by atoms with Crippen LogP contribution >= 0.6 is 0 Å². The second kappa shape index (κ2) is 4.86. The van der Waals surface area contributed by atoms with Gasteiger partial charge in [-0.25, -0.2) is 4.68 Å². The van der Waals surface area contributed by atoms with Crippen molar-refractivity contribution in [2.45, 2.75) is 13.5 Å². The lowest BCUT2D eigenvalue weighted by molar-refractivity contribution is 0.810. The number of nitrogens with one attached hydrogen (secondary N) is 1. The fraction of sp³-hybridized carbons (Fsp3) is 0.188. The maximum absolute atomic E-state index is 4.48. The van der Waals surface area contributed by atoms with Crippen LogP contribution in [0.2, 0.25) is 0 Å². The highest BCUT2D eigenvalue weighted by Crippen LogP contribution is 2.20. The van der Waals surface area contributed by atoms with Gasteiger partial charge in [-0.05, 0) is 43.3 Å². The number of para-hydroxylation sites is 1. The number of nitrogens with zero attached hydrogens (tertiary/aromatic N) is 2. The predicted octanol–water partition coefficient (Wildman–Crippen LogP) is 3.05. The molecule has 0 aliphatic heterocycles. The van der Waals surface area contributed by atoms with Gasteiger partial charge in [-0.1, -0.05) is 24.3 Å². The molecule has 0 fully saturated rings. The van der Waals surface area contributed by atoms with E-state index in [4.69, 9.17) is 0 Å². The predicted molar refractivity (Wildman–Crippen MR) is 78.6 cm³/mol. The van der Waals surface area contributed by atoms with E-state index in [9.17, 15) is 0 Å². The van der Waals surface area contributed by atoms with Crippen molar-refractivity contribution >= 4 is 10.9 Å². The summed E-state index contributed by atoms with van der Waals surface area (Å²) in [5, 5.41) is 8.84. The van der Waals surface area contributed by atoms with Crippen molar-refractivity contribution in [1.29, 1.82) is 0 Å². The van der Waals surface area contributed by atoms with E-state index in [0.29, 0.717) is 0 Å². The van der Waals surface area contributed by atoms with Gasteiger partial charge in [0.25, 0.3) is 0 Å². The fourth-order valence-electron chi connectivity index (χ4n) is 2.38. The molecule has 3 heteroatoms. The molecule has 19 heavy (non-hydrogen) atoms. The SMILES string of the molecule is CNCc1ccc(-n2ncc3ccccc32)cc1C. The summed E-state index contributed by atoms with van der Waals surface area (Å²) in [7, 11) is 1.97. The van der Waals surface area contributed by atoms with Gasteiger partial charge in [-0.3, -0.25) is 0 Å². The number of rotatable bonds is 3. The van der Waals surface area contributed by atoms with Gasteiger partial charge in [0.05, 0.1) is 17.4 Å². The van der Waals surface area contributed by atoms with Crippen LogP contribution in [0.1, 0.15) is 11.1 Å². The summed E-state index contributed by atoms with van der Waals surface area (Å²) in [4.78, 5) is 0. The van der Waals surface area contributed by atoms with Crippen LogP contribution < -0.4 is 5.32 Å². The van der Waals surface area contributed by atoms with E-state index in [0.717, 1.165) is 17.7 Å². The zero-order chi connectivity index (χ0) is 13.2. The third kappa shape index (κ3) is 2.13. The van der Waals surface area contributed by atoms with Gasteiger partial charge in [0.2, 0.25) is 0 Å². The van der Waals surface area contributed by atoms with E-state index in [1.54, 1.807) is 0 Å². The van der Waals surface area contributed by atoms with Gasteiger partial charge in [-0.2, -0.15) is 5.10 Å². The summed E-state index contributed by atoms with van der Waals surface area (Å²) in [6.45, 7) is 3.04. The average molecular weight is 251 g/mol. The minimum atomic E-state index is 0.895. The molecule has 1 N–H and O–H groups in total. The highest BCUT2D eigenvalue weighted by Gasteiger charge is 2.05. The highest BCUT2D eigenvalue weighted by atomic mass is 15.3. The summed E-state index contributed by atoms with van der Waals surface area (Å²) < 4.78 is 1.99. The van der Waals surface area contributed by atoms with Crippen LogP contribution in [-0.2, 0) is 6.54 Å². The molecule has 1 heterocycles. The molecule has 0 aliphatic carbocycles. The minimum Gasteiger partial charge on any atom is -0.316 e. The molecule has 1 aromatic heterocycles. The largest absolute Gasteiger partial charge is 0.316 e. The van der Waals surface area contributed by atoms with Crippen LogP contribution in [0.5, 0.6) is 0 Å². The van der Waals surface area contributed by atoms with E-state index < -0.39 is 0 Å². The number of fused-ring (bicyclic) bond motifs is 1. The maximum atomic E-state index is 4.48. The first-order valence-electron chi connectivity index (χ1n) is 6.47. The van der Waals surface area contributed by atoms with Crippen molar-refractivity contribution < 1.29 is 0 Å². The van der Waals surface area contributed by atoms with Gasteiger partial charge < -0.3 is 5.32 Å². The summed E-state index contributed by atoms with van der Waals surface area (Å²) in [6, 6.07) is 14.7. The zero-order valence-electron chi connectivity index (χ0n) is 11.2. The molecule has 3 nitrogen and oxygen atoms in total. The van der Waals surface area contributed by atoms with Crippen molar-refractivity contribution in [2.24, 2.45) is 0 Å². The smallest absolute Gasteiger partial charge is 0.0741 e. The fourth-order valence-corrected chi connectivity index (χ4v) is 2.38. The monoisotopic (exact) mass is 251 g/mol. The Labute approximate surface area is 112 Å². The highest BCUT2D eigenvalue weighted by molar-refractivity contribution is 5.80. The van der Waals surface area contributed by atoms with Gasteiger partial charge in [0.1, 0.15) is 0 Å². The van der Waals surface area contributed by atoms with E-state index >= 15 is 0 Å². The third-order valence-electron chi connectivity index (χ3n) is 3.42. The molecule has 0 atom stereocenters. The van der Waals surface area contributed by atoms with Gasteiger partial charge >= 0.3 is 0 Å². The van der Waals surface area contributed by atoms with Crippen molar-refractivity contribution in [3.05, 3.63) is 59.8 Å². The zero-order valence-corrected chi connectivity index (χ0v) is 11.2. The van der Waals surface area contributed by atoms with Crippen LogP contribution in [0.25, 0.3) is 16.6 Å². The van der Waals surface area contributed by atoms with Crippen molar-refractivity contribution in [1.82, 2.24) is 15.1 Å². The Kier molecular flexibility index (Phi) is 3.05. The number of hydrogen-bond acceptors (Lipinski definition) is 2. The summed E-state index contributed by atoms with van der Waals surface area (Å²) >= 11 is 0. The quantitative estimate of drug-likeness (QED) is 0.775. The van der Waals surface area contributed by atoms with E-state index in [1.807, 2.05) is 30.1 Å². The number of benzene rings is 2. The van der Waals surface area contributed by atoms with Gasteiger partial charge in [-0.15, -0.1) is 0 Å². The Morgan fingerprint density at radius 2 is 2.00 bits per heavy atom. The second-order valence-corrected chi connectivity index (χ2v) is 4.76. The molecule has 0 spiro atoms. The number of hydrogen-bond donors (Lipinski definition) is 1. The first kappa shape index (κ1) is 11.9. The average Bonchev–Trinajstić information content (AvgIpc) is 2.85. The molecule has 0 aliphatic rings. The molecule has 0 radical (unpaired) electrons. The molecule has 3 rings (SSSR count). The summed E-state index contributed by atoms with van der Waals surface area (Å²) in [5.74, 6) is 0. The Morgan fingerprint density at radius 3 is 2.79 bits per heavy atom. The molecule has 2 aromatic carbocycles. The number of aryl methyl sites for hydroxylation is 1. The van der Waals surface area contributed by atoms with E-state index in [-0.39, 0.29) is 0 Å². The second-order valence-electron chi connectivity index (χ2n) is 4.76. The lowest BCUT2D eigenvalue weighted by Crippen LogP contribution is -2.07. The van der Waals surface area contributed by atoms with Crippen molar-refractivity contribution in [3.8, 4) is 5.69 Å². The molecule has 0 amide bonds. The van der Waals surface area contributed by atoms with Crippen molar-refractivity contribution in [2.75, 3.05) is 7.05 Å². The number of aromatic nitrogens is 2. The minimum absolute atomic E-state index is 0.895. The standard InChI is InChI=1S/C16H17N3/c1-12-9-15(8-7-13(12)10-17-2)19-16-6-4-3-5-14(16)11-18-19/h3-9,11,17H,10H2,1-2H3. The van der Waals surface area contributed by atoms with Gasteiger partial charge in [0, 0.05) is 11.9 Å².